The quantitative estimate of drug-likeness (QED) is 0.113. The average molecular weight is 1730 g/mol. The third-order valence-electron chi connectivity index (χ3n) is 26.4. The summed E-state index contributed by atoms with van der Waals surface area (Å²) in [6.07, 6.45) is 0. The maximum Gasteiger partial charge on any atom is 0.211 e. The summed E-state index contributed by atoms with van der Waals surface area (Å²) in [5.74, 6) is 1.12. The smallest absolute Gasteiger partial charge is 0.211 e. The van der Waals surface area contributed by atoms with Gasteiger partial charge < -0.3 is 27.4 Å². The fourth-order valence-corrected chi connectivity index (χ4v) is 20.3. The molecule has 0 saturated carbocycles. The van der Waals surface area contributed by atoms with Crippen LogP contribution in [0.2, 0.25) is 0 Å². The van der Waals surface area contributed by atoms with Crippen LogP contribution in [0.25, 0.3) is 252 Å². The Balaban J connectivity index is 0.000000145. The lowest BCUT2D eigenvalue weighted by Gasteiger charge is -2.14. The lowest BCUT2D eigenvalue weighted by molar-refractivity contribution is 1.16. The van der Waals surface area contributed by atoms with Crippen LogP contribution in [0.3, 0.4) is 0 Å². The number of hydrogen-bond donors (Lipinski definition) is 0. The number of rotatable bonds is 12. The summed E-state index contributed by atoms with van der Waals surface area (Å²) in [6, 6.07) is 146. The molecule has 15 heteroatoms. The second-order valence-corrected chi connectivity index (χ2v) is 33.9. The highest BCUT2D eigenvalue weighted by atomic mass is 15.0. The van der Waals surface area contributed by atoms with Crippen molar-refractivity contribution in [2.45, 2.75) is 0 Å². The van der Waals surface area contributed by atoms with Crippen LogP contribution in [0.15, 0.2) is 419 Å². The van der Waals surface area contributed by atoms with Crippen LogP contribution in [0, 0.1) is 37.6 Å². The van der Waals surface area contributed by atoms with Crippen molar-refractivity contribution in [2.75, 3.05) is 0 Å². The first-order valence-corrected chi connectivity index (χ1v) is 44.6. The molecule has 0 radical (unpaired) electrons. The zero-order valence-corrected chi connectivity index (χ0v) is 72.5. The van der Waals surface area contributed by atoms with E-state index in [2.05, 4.69) is 302 Å². The van der Waals surface area contributed by atoms with E-state index in [0.717, 1.165) is 161 Å². The molecule has 0 amide bonds. The molecule has 0 spiro atoms. The fraction of sp³-hybridized carbons (Fsp3) is 0. The number of hydrogen-bond acceptors (Lipinski definition) is 5. The molecule has 0 fully saturated rings. The number of fused-ring (bicyclic) bond motifs is 18. The Bertz CT molecular complexity index is 9230. The second kappa shape index (κ2) is 31.9. The summed E-state index contributed by atoms with van der Waals surface area (Å²) >= 11 is 0. The van der Waals surface area contributed by atoms with Crippen LogP contribution in [0.4, 0.5) is 22.7 Å². The predicted molar refractivity (Wildman–Crippen MR) is 552 cm³/mol. The Morgan fingerprint density at radius 2 is 0.493 bits per heavy atom. The molecule has 26 aromatic rings. The topological polar surface area (TPSA) is 122 Å². The van der Waals surface area contributed by atoms with Crippen molar-refractivity contribution in [3.05, 3.63) is 470 Å². The molecule has 0 bridgehead atoms. The van der Waals surface area contributed by atoms with E-state index in [9.17, 15) is 5.26 Å². The molecule has 18 aromatic carbocycles. The Morgan fingerprint density at radius 1 is 0.199 bits per heavy atom. The number of para-hydroxylation sites is 6. The molecule has 8 heterocycles. The van der Waals surface area contributed by atoms with Gasteiger partial charge in [-0.1, -0.05) is 231 Å². The second-order valence-electron chi connectivity index (χ2n) is 33.9. The third-order valence-corrected chi connectivity index (χ3v) is 26.4. The average Bonchev–Trinajstić information content (AvgIpc) is 1.56. The first-order valence-electron chi connectivity index (χ1n) is 44.6. The van der Waals surface area contributed by atoms with Gasteiger partial charge in [-0.05, 0) is 205 Å². The van der Waals surface area contributed by atoms with Crippen molar-refractivity contribution in [2.24, 2.45) is 0 Å². The predicted octanol–water partition coefficient (Wildman–Crippen LogP) is 31.6. The molecule has 15 nitrogen and oxygen atoms in total. The van der Waals surface area contributed by atoms with Gasteiger partial charge in [-0.15, -0.1) is 0 Å². The van der Waals surface area contributed by atoms with E-state index in [4.69, 9.17) is 46.2 Å². The van der Waals surface area contributed by atoms with Crippen molar-refractivity contribution in [3.63, 3.8) is 0 Å². The van der Waals surface area contributed by atoms with Gasteiger partial charge in [0.05, 0.1) is 133 Å². The van der Waals surface area contributed by atoms with Crippen LogP contribution in [-0.2, 0) is 0 Å². The van der Waals surface area contributed by atoms with Gasteiger partial charge in [-0.2, -0.15) is 5.26 Å². The molecule has 0 saturated heterocycles. The molecule has 0 aliphatic heterocycles. The SMILES string of the molecule is [C-]#[N+]c1ccc2c(c1)c1cc(C#N)ccc1n2-c1ccc2c(c1)c1cc(-n3c4ccccc4c4ccccc43)ccc1n2-c1ccc(-c2cc(-c3ccccc3)nc(-c3ccccc3)n2)cc1[N+]#[C-].[C-]#[N+]c1cccc(-c2cc(-c3ccc(-n4c5ccc(-n6c7ccccc7c7ccccc76)cc5c5cc(-n6c7ccccc7c7ccccc76)ccc54)cc3)nc(-c3cccc([N+]#[C-])c3)n2)c1. The first-order chi connectivity index (χ1) is 67.2. The Kier molecular flexibility index (Phi) is 18.5. The van der Waals surface area contributed by atoms with Gasteiger partial charge in [0.25, 0.3) is 0 Å². The van der Waals surface area contributed by atoms with E-state index in [1.807, 2.05) is 158 Å². The van der Waals surface area contributed by atoms with Crippen molar-refractivity contribution >= 4 is 154 Å². The normalized spacial score (nSPS) is 11.5. The minimum atomic E-state index is 0.481. The largest absolute Gasteiger partial charge is 0.319 e. The van der Waals surface area contributed by atoms with Gasteiger partial charge >= 0.3 is 0 Å². The van der Waals surface area contributed by atoms with Gasteiger partial charge in [0.2, 0.25) is 5.69 Å². The van der Waals surface area contributed by atoms with Crippen molar-refractivity contribution < 1.29 is 0 Å². The van der Waals surface area contributed by atoms with Crippen LogP contribution in [-0.4, -0.2) is 47.3 Å². The first kappa shape index (κ1) is 78.6. The Hall–Kier alpha value is -19.6. The molecule has 0 aliphatic carbocycles. The molecule has 136 heavy (non-hydrogen) atoms. The summed E-state index contributed by atoms with van der Waals surface area (Å²) in [5, 5.41) is 23.3. The summed E-state index contributed by atoms with van der Waals surface area (Å²) in [7, 11) is 0. The van der Waals surface area contributed by atoms with Crippen molar-refractivity contribution in [1.29, 1.82) is 5.26 Å². The van der Waals surface area contributed by atoms with Gasteiger partial charge in [0.15, 0.2) is 28.7 Å². The standard InChI is InChI=1S/C61H34N8.C60H35N7/c1-63-42-23-28-57-48(33-42)47-31-38(37-62)21-26-56(47)68(57)44-25-30-59-50(35-44)49-34-43(67-54-19-11-9-17-45(54)46-18-10-12-20-55(46)67)24-29-58(49)69(59)60-27-22-41(32-53(60)64-2)52-36-51(39-13-5-3-6-14-39)65-61(66-52)40-15-7-4-8-16-40;1-61-41-15-11-13-39(33-41)53-37-52(63-60(64-53)40-14-12-16-42(34-40)62-2)38-25-27-43(28-26-38)65-58-31-29-44(66-54-21-7-3-17-46(54)47-18-4-8-22-55(47)66)35-50(58)51-36-45(30-32-59(51)65)67-56-23-9-5-19-48(56)49-20-6-10-24-57(49)67/h3-36H;3-37H. The molecule has 26 rings (SSSR count). The minimum absolute atomic E-state index is 0.481. The van der Waals surface area contributed by atoms with Crippen LogP contribution in [0.1, 0.15) is 5.56 Å². The van der Waals surface area contributed by atoms with E-state index >= 15 is 0 Å². The monoisotopic (exact) mass is 1730 g/mol. The minimum Gasteiger partial charge on any atom is -0.319 e. The Morgan fingerprint density at radius 3 is 0.912 bits per heavy atom. The van der Waals surface area contributed by atoms with Crippen LogP contribution < -0.4 is 0 Å². The molecule has 628 valence electrons. The van der Waals surface area contributed by atoms with E-state index in [1.54, 1.807) is 12.1 Å². The maximum atomic E-state index is 9.90. The van der Waals surface area contributed by atoms with E-state index in [1.165, 1.54) is 54.4 Å². The van der Waals surface area contributed by atoms with Crippen molar-refractivity contribution in [1.82, 2.24) is 47.3 Å². The third kappa shape index (κ3) is 12.9. The summed E-state index contributed by atoms with van der Waals surface area (Å²) < 4.78 is 13.9. The molecular weight excluding hydrogens is 1660 g/mol. The van der Waals surface area contributed by atoms with Gasteiger partial charge in [0.1, 0.15) is 0 Å². The molecular formula is C121H69N15. The highest BCUT2D eigenvalue weighted by Crippen LogP contribution is 2.47. The summed E-state index contributed by atoms with van der Waals surface area (Å²) in [6.45, 7) is 31.7. The van der Waals surface area contributed by atoms with Crippen molar-refractivity contribution in [3.8, 4) is 108 Å². The number of aromatic nitrogens is 10. The fourth-order valence-electron chi connectivity index (χ4n) is 20.3. The summed E-state index contributed by atoms with van der Waals surface area (Å²) in [5.41, 5.74) is 29.5. The van der Waals surface area contributed by atoms with E-state index < -0.39 is 0 Å². The van der Waals surface area contributed by atoms with Gasteiger partial charge in [0, 0.05) is 110 Å². The highest BCUT2D eigenvalue weighted by molar-refractivity contribution is 6.18. The zero-order valence-electron chi connectivity index (χ0n) is 72.5. The lowest BCUT2D eigenvalue weighted by Crippen LogP contribution is -1.98. The summed E-state index contributed by atoms with van der Waals surface area (Å²) in [4.78, 5) is 35.4. The molecule has 0 atom stereocenters. The maximum absolute atomic E-state index is 9.90. The van der Waals surface area contributed by atoms with Gasteiger partial charge in [-0.25, -0.2) is 39.3 Å². The van der Waals surface area contributed by atoms with E-state index in [0.29, 0.717) is 45.7 Å². The van der Waals surface area contributed by atoms with E-state index in [-0.39, 0.29) is 0 Å². The highest BCUT2D eigenvalue weighted by Gasteiger charge is 2.26. The lowest BCUT2D eigenvalue weighted by atomic mass is 10.1. The van der Waals surface area contributed by atoms with Gasteiger partial charge in [-0.3, -0.25) is 0 Å². The van der Waals surface area contributed by atoms with Crippen LogP contribution in [0.5, 0.6) is 0 Å². The molecule has 0 aliphatic rings. The number of nitrogens with zero attached hydrogens (tertiary/aromatic N) is 15. The van der Waals surface area contributed by atoms with Crippen LogP contribution >= 0.6 is 0 Å². The molecule has 0 unspecified atom stereocenters. The zero-order chi connectivity index (χ0) is 90.8. The molecule has 8 aromatic heterocycles. The Labute approximate surface area is 778 Å². The molecule has 0 N–H and O–H groups in total. The number of benzene rings is 18. The number of nitriles is 1.